The largest absolute Gasteiger partial charge is 0.375 e. The Morgan fingerprint density at radius 1 is 1.38 bits per heavy atom. The van der Waals surface area contributed by atoms with E-state index in [1.165, 1.54) is 16.2 Å². The number of nitrogens with two attached hydrogens (primary N) is 1. The minimum Gasteiger partial charge on any atom is -0.375 e. The van der Waals surface area contributed by atoms with E-state index >= 15 is 0 Å². The van der Waals surface area contributed by atoms with Gasteiger partial charge in [0.1, 0.15) is 0 Å². The predicted molar refractivity (Wildman–Crippen MR) is 70.2 cm³/mol. The maximum atomic E-state index is 6.18. The molecule has 2 N–H and O–H groups in total. The van der Waals surface area contributed by atoms with Gasteiger partial charge in [0.2, 0.25) is 0 Å². The van der Waals surface area contributed by atoms with E-state index < -0.39 is 0 Å². The summed E-state index contributed by atoms with van der Waals surface area (Å²) in [4.78, 5) is 5.43. The number of aryl methyl sites for hydroxylation is 1. The molecule has 0 amide bonds. The van der Waals surface area contributed by atoms with Crippen LogP contribution < -0.4 is 5.73 Å². The Bertz CT molecular complexity index is 507. The van der Waals surface area contributed by atoms with Crippen molar-refractivity contribution < 1.29 is 0 Å². The van der Waals surface area contributed by atoms with Gasteiger partial charge in [-0.2, -0.15) is 0 Å². The summed E-state index contributed by atoms with van der Waals surface area (Å²) in [6.45, 7) is 4.11. The molecule has 2 nitrogen and oxygen atoms in total. The number of thiazole rings is 1. The van der Waals surface area contributed by atoms with Crippen LogP contribution in [0.5, 0.6) is 0 Å². The first-order chi connectivity index (χ1) is 7.59. The average Bonchev–Trinajstić information content (AvgIpc) is 2.58. The summed E-state index contributed by atoms with van der Waals surface area (Å²) in [6, 6.07) is 7.89. The van der Waals surface area contributed by atoms with Crippen LogP contribution in [0.4, 0.5) is 5.13 Å². The molecule has 0 saturated heterocycles. The van der Waals surface area contributed by atoms with Crippen molar-refractivity contribution in [2.24, 2.45) is 0 Å². The van der Waals surface area contributed by atoms with Crippen molar-refractivity contribution in [1.29, 1.82) is 0 Å². The SMILES string of the molecule is Cc1nc(N)sc1C(C)c1ccccc1Cl. The summed E-state index contributed by atoms with van der Waals surface area (Å²) in [6.07, 6.45) is 0. The first-order valence-electron chi connectivity index (χ1n) is 5.07. The second kappa shape index (κ2) is 4.44. The van der Waals surface area contributed by atoms with E-state index in [-0.39, 0.29) is 5.92 Å². The van der Waals surface area contributed by atoms with Crippen LogP contribution in [0.1, 0.15) is 29.0 Å². The number of nitrogen functional groups attached to an aromatic ring is 1. The molecule has 1 aromatic heterocycles. The van der Waals surface area contributed by atoms with Gasteiger partial charge in [0.15, 0.2) is 5.13 Å². The molecule has 0 fully saturated rings. The summed E-state index contributed by atoms with van der Waals surface area (Å²) in [5.41, 5.74) is 7.82. The number of anilines is 1. The van der Waals surface area contributed by atoms with Gasteiger partial charge < -0.3 is 5.73 Å². The van der Waals surface area contributed by atoms with Gasteiger partial charge >= 0.3 is 0 Å². The number of hydrogen-bond acceptors (Lipinski definition) is 3. The maximum absolute atomic E-state index is 6.18. The molecule has 0 radical (unpaired) electrons. The van der Waals surface area contributed by atoms with Crippen LogP contribution in [0.2, 0.25) is 5.02 Å². The van der Waals surface area contributed by atoms with Crippen LogP contribution in [-0.4, -0.2) is 4.98 Å². The Hall–Kier alpha value is -1.06. The fourth-order valence-electron chi connectivity index (χ4n) is 1.80. The zero-order valence-electron chi connectivity index (χ0n) is 9.20. The summed E-state index contributed by atoms with van der Waals surface area (Å²) in [7, 11) is 0. The number of rotatable bonds is 2. The number of halogens is 1. The third kappa shape index (κ3) is 2.06. The number of nitrogens with zero attached hydrogens (tertiary/aromatic N) is 1. The fraction of sp³-hybridized carbons (Fsp3) is 0.250. The number of aromatic nitrogens is 1. The Morgan fingerprint density at radius 2 is 2.06 bits per heavy atom. The van der Waals surface area contributed by atoms with Gasteiger partial charge in [0, 0.05) is 15.8 Å². The molecule has 0 bridgehead atoms. The molecule has 1 heterocycles. The Kier molecular flexibility index (Phi) is 3.17. The minimum atomic E-state index is 0.239. The van der Waals surface area contributed by atoms with Crippen LogP contribution in [-0.2, 0) is 0 Å². The molecular formula is C12H13ClN2S. The molecule has 4 heteroatoms. The van der Waals surface area contributed by atoms with Crippen molar-refractivity contribution in [1.82, 2.24) is 4.98 Å². The number of benzene rings is 1. The molecule has 0 saturated carbocycles. The van der Waals surface area contributed by atoms with E-state index in [1.54, 1.807) is 0 Å². The lowest BCUT2D eigenvalue weighted by molar-refractivity contribution is 0.927. The van der Waals surface area contributed by atoms with E-state index in [1.807, 2.05) is 31.2 Å². The predicted octanol–water partition coefficient (Wildman–Crippen LogP) is 3.84. The van der Waals surface area contributed by atoms with E-state index in [4.69, 9.17) is 17.3 Å². The first kappa shape index (κ1) is 11.4. The quantitative estimate of drug-likeness (QED) is 0.882. The van der Waals surface area contributed by atoms with Gasteiger partial charge in [-0.15, -0.1) is 11.3 Å². The van der Waals surface area contributed by atoms with Gasteiger partial charge in [0.25, 0.3) is 0 Å². The van der Waals surface area contributed by atoms with Crippen molar-refractivity contribution in [3.8, 4) is 0 Å². The molecule has 1 aromatic carbocycles. The molecule has 16 heavy (non-hydrogen) atoms. The third-order valence-electron chi connectivity index (χ3n) is 2.61. The molecule has 2 aromatic rings. The second-order valence-corrected chi connectivity index (χ2v) is 5.21. The molecule has 0 aliphatic rings. The van der Waals surface area contributed by atoms with Crippen LogP contribution in [0, 0.1) is 6.92 Å². The lowest BCUT2D eigenvalue weighted by atomic mass is 9.99. The zero-order valence-corrected chi connectivity index (χ0v) is 10.8. The molecule has 0 aliphatic carbocycles. The monoisotopic (exact) mass is 252 g/mol. The summed E-state index contributed by atoms with van der Waals surface area (Å²) in [5.74, 6) is 0.239. The molecule has 0 spiro atoms. The Morgan fingerprint density at radius 3 is 2.62 bits per heavy atom. The smallest absolute Gasteiger partial charge is 0.180 e. The third-order valence-corrected chi connectivity index (χ3v) is 4.13. The van der Waals surface area contributed by atoms with E-state index in [0.29, 0.717) is 5.13 Å². The Labute approximate surface area is 104 Å². The van der Waals surface area contributed by atoms with Crippen molar-refractivity contribution in [3.05, 3.63) is 45.4 Å². The van der Waals surface area contributed by atoms with Crippen LogP contribution in [0.3, 0.4) is 0 Å². The van der Waals surface area contributed by atoms with Gasteiger partial charge in [-0.05, 0) is 18.6 Å². The maximum Gasteiger partial charge on any atom is 0.180 e. The molecular weight excluding hydrogens is 240 g/mol. The summed E-state index contributed by atoms with van der Waals surface area (Å²) in [5, 5.41) is 1.41. The number of hydrogen-bond donors (Lipinski definition) is 1. The standard InChI is InChI=1S/C12H13ClN2S/c1-7(9-5-3-4-6-10(9)13)11-8(2)15-12(14)16-11/h3-7H,1-2H3,(H2,14,15). The van der Waals surface area contributed by atoms with Crippen LogP contribution >= 0.6 is 22.9 Å². The molecule has 0 aliphatic heterocycles. The topological polar surface area (TPSA) is 38.9 Å². The van der Waals surface area contributed by atoms with Crippen molar-refractivity contribution in [2.75, 3.05) is 5.73 Å². The van der Waals surface area contributed by atoms with Crippen molar-refractivity contribution >= 4 is 28.1 Å². The molecule has 1 unspecified atom stereocenters. The van der Waals surface area contributed by atoms with Gasteiger partial charge in [-0.1, -0.05) is 36.7 Å². The lowest BCUT2D eigenvalue weighted by Gasteiger charge is -2.12. The van der Waals surface area contributed by atoms with Crippen molar-refractivity contribution in [3.63, 3.8) is 0 Å². The van der Waals surface area contributed by atoms with E-state index in [9.17, 15) is 0 Å². The highest BCUT2D eigenvalue weighted by Crippen LogP contribution is 2.35. The highest BCUT2D eigenvalue weighted by atomic mass is 35.5. The highest BCUT2D eigenvalue weighted by molar-refractivity contribution is 7.15. The van der Waals surface area contributed by atoms with Crippen molar-refractivity contribution in [2.45, 2.75) is 19.8 Å². The first-order valence-corrected chi connectivity index (χ1v) is 6.26. The average molecular weight is 253 g/mol. The van der Waals surface area contributed by atoms with Crippen LogP contribution in [0.15, 0.2) is 24.3 Å². The van der Waals surface area contributed by atoms with Crippen LogP contribution in [0.25, 0.3) is 0 Å². The lowest BCUT2D eigenvalue weighted by Crippen LogP contribution is -1.96. The summed E-state index contributed by atoms with van der Waals surface area (Å²) >= 11 is 7.72. The molecule has 84 valence electrons. The second-order valence-electron chi connectivity index (χ2n) is 3.74. The summed E-state index contributed by atoms with van der Waals surface area (Å²) < 4.78 is 0. The molecule has 1 atom stereocenters. The highest BCUT2D eigenvalue weighted by Gasteiger charge is 2.17. The zero-order chi connectivity index (χ0) is 11.7. The minimum absolute atomic E-state index is 0.239. The van der Waals surface area contributed by atoms with Gasteiger partial charge in [-0.25, -0.2) is 4.98 Å². The van der Waals surface area contributed by atoms with E-state index in [0.717, 1.165) is 16.3 Å². The van der Waals surface area contributed by atoms with Gasteiger partial charge in [0.05, 0.1) is 5.69 Å². The Balaban J connectivity index is 2.43. The molecule has 2 rings (SSSR count). The fourth-order valence-corrected chi connectivity index (χ4v) is 3.00. The van der Waals surface area contributed by atoms with Gasteiger partial charge in [-0.3, -0.25) is 0 Å². The van der Waals surface area contributed by atoms with E-state index in [2.05, 4.69) is 11.9 Å². The normalized spacial score (nSPS) is 12.7.